The van der Waals surface area contributed by atoms with Crippen molar-refractivity contribution in [1.82, 2.24) is 5.32 Å². The molecule has 0 aliphatic carbocycles. The van der Waals surface area contributed by atoms with Gasteiger partial charge in [0.05, 0.1) is 17.3 Å². The first-order valence-corrected chi connectivity index (χ1v) is 6.75. The van der Waals surface area contributed by atoms with Crippen molar-refractivity contribution in [2.45, 2.75) is 6.42 Å². The molecule has 100 valence electrons. The Labute approximate surface area is 120 Å². The van der Waals surface area contributed by atoms with Crippen LogP contribution in [0.5, 0.6) is 0 Å². The molecule has 0 aliphatic rings. The molecule has 0 saturated heterocycles. The summed E-state index contributed by atoms with van der Waals surface area (Å²) in [6.45, 7) is 1.46. The summed E-state index contributed by atoms with van der Waals surface area (Å²) in [4.78, 5) is 11.5. The number of carbonyl (C=O) groups is 1. The highest BCUT2D eigenvalue weighted by Gasteiger charge is 2.03. The molecule has 0 radical (unpaired) electrons. The largest absolute Gasteiger partial charge is 0.385 e. The number of nitrogens with one attached hydrogen (secondary N) is 2. The quantitative estimate of drug-likeness (QED) is 0.753. The van der Waals surface area contributed by atoms with Gasteiger partial charge in [0.1, 0.15) is 0 Å². The van der Waals surface area contributed by atoms with Gasteiger partial charge >= 0.3 is 0 Å². The van der Waals surface area contributed by atoms with Crippen LogP contribution in [0, 0.1) is 0 Å². The van der Waals surface area contributed by atoms with E-state index in [4.69, 9.17) is 16.3 Å². The van der Waals surface area contributed by atoms with Crippen LogP contribution in [0.3, 0.4) is 0 Å². The third-order valence-electron chi connectivity index (χ3n) is 2.22. The molecule has 4 nitrogen and oxygen atoms in total. The van der Waals surface area contributed by atoms with Crippen molar-refractivity contribution in [2.24, 2.45) is 0 Å². The van der Waals surface area contributed by atoms with Crippen molar-refractivity contribution in [3.63, 3.8) is 0 Å². The van der Waals surface area contributed by atoms with Gasteiger partial charge in [-0.3, -0.25) is 4.79 Å². The SMILES string of the molecule is COCCCNC(=O)CNc1ccc(Br)cc1Cl. The Bertz CT molecular complexity index is 402. The van der Waals surface area contributed by atoms with Gasteiger partial charge in [-0.25, -0.2) is 0 Å². The number of benzene rings is 1. The number of rotatable bonds is 7. The average Bonchev–Trinajstić information content (AvgIpc) is 2.33. The third-order valence-corrected chi connectivity index (χ3v) is 3.02. The molecule has 1 rings (SSSR count). The van der Waals surface area contributed by atoms with Crippen molar-refractivity contribution in [2.75, 3.05) is 32.1 Å². The van der Waals surface area contributed by atoms with Gasteiger partial charge in [0, 0.05) is 24.7 Å². The van der Waals surface area contributed by atoms with E-state index in [-0.39, 0.29) is 12.5 Å². The van der Waals surface area contributed by atoms with E-state index in [0.29, 0.717) is 18.2 Å². The molecule has 6 heteroatoms. The molecule has 0 bridgehead atoms. The molecule has 0 atom stereocenters. The Morgan fingerprint density at radius 1 is 1.50 bits per heavy atom. The number of ether oxygens (including phenoxy) is 1. The van der Waals surface area contributed by atoms with Crippen molar-refractivity contribution < 1.29 is 9.53 Å². The fourth-order valence-corrected chi connectivity index (χ4v) is 2.06. The molecular weight excluding hydrogens is 320 g/mol. The first-order valence-electron chi connectivity index (χ1n) is 5.58. The third kappa shape index (κ3) is 5.71. The molecule has 0 fully saturated rings. The van der Waals surface area contributed by atoms with E-state index in [9.17, 15) is 4.79 Å². The number of amides is 1. The Morgan fingerprint density at radius 2 is 2.28 bits per heavy atom. The Kier molecular flexibility index (Phi) is 7.08. The summed E-state index contributed by atoms with van der Waals surface area (Å²) in [6.07, 6.45) is 0.807. The second-order valence-electron chi connectivity index (χ2n) is 3.67. The Balaban J connectivity index is 2.29. The average molecular weight is 336 g/mol. The highest BCUT2D eigenvalue weighted by molar-refractivity contribution is 9.10. The fourth-order valence-electron chi connectivity index (χ4n) is 1.32. The van der Waals surface area contributed by atoms with Crippen LogP contribution in [0.2, 0.25) is 5.02 Å². The molecule has 1 aromatic carbocycles. The molecule has 1 amide bonds. The molecule has 0 saturated carbocycles. The summed E-state index contributed by atoms with van der Waals surface area (Å²) in [5.41, 5.74) is 0.743. The van der Waals surface area contributed by atoms with Crippen LogP contribution < -0.4 is 10.6 Å². The second kappa shape index (κ2) is 8.34. The summed E-state index contributed by atoms with van der Waals surface area (Å²) in [7, 11) is 1.64. The maximum absolute atomic E-state index is 11.5. The number of hydrogen-bond acceptors (Lipinski definition) is 3. The minimum Gasteiger partial charge on any atom is -0.385 e. The molecule has 0 unspecified atom stereocenters. The van der Waals surface area contributed by atoms with E-state index in [1.807, 2.05) is 12.1 Å². The van der Waals surface area contributed by atoms with E-state index in [1.54, 1.807) is 13.2 Å². The zero-order chi connectivity index (χ0) is 13.4. The lowest BCUT2D eigenvalue weighted by atomic mass is 10.3. The lowest BCUT2D eigenvalue weighted by Crippen LogP contribution is -2.31. The highest BCUT2D eigenvalue weighted by Crippen LogP contribution is 2.25. The fraction of sp³-hybridized carbons (Fsp3) is 0.417. The molecule has 2 N–H and O–H groups in total. The Morgan fingerprint density at radius 3 is 2.94 bits per heavy atom. The lowest BCUT2D eigenvalue weighted by Gasteiger charge is -2.09. The van der Waals surface area contributed by atoms with Crippen molar-refractivity contribution in [1.29, 1.82) is 0 Å². The van der Waals surface area contributed by atoms with Gasteiger partial charge in [0.15, 0.2) is 0 Å². The van der Waals surface area contributed by atoms with Crippen LogP contribution in [0.15, 0.2) is 22.7 Å². The van der Waals surface area contributed by atoms with Gasteiger partial charge in [0.25, 0.3) is 0 Å². The van der Waals surface area contributed by atoms with Crippen molar-refractivity contribution >= 4 is 39.1 Å². The first kappa shape index (κ1) is 15.3. The maximum Gasteiger partial charge on any atom is 0.239 e. The zero-order valence-corrected chi connectivity index (χ0v) is 12.5. The number of hydrogen-bond donors (Lipinski definition) is 2. The number of carbonyl (C=O) groups excluding carboxylic acids is 1. The van der Waals surface area contributed by atoms with Crippen LogP contribution in [0.25, 0.3) is 0 Å². The molecule has 1 aromatic rings. The van der Waals surface area contributed by atoms with Gasteiger partial charge in [-0.2, -0.15) is 0 Å². The summed E-state index contributed by atoms with van der Waals surface area (Å²) in [5.74, 6) is -0.0647. The van der Waals surface area contributed by atoms with Crippen LogP contribution >= 0.6 is 27.5 Å². The second-order valence-corrected chi connectivity index (χ2v) is 5.00. The van der Waals surface area contributed by atoms with Gasteiger partial charge in [0.2, 0.25) is 5.91 Å². The van der Waals surface area contributed by atoms with Gasteiger partial charge in [-0.1, -0.05) is 27.5 Å². The summed E-state index contributed by atoms with van der Waals surface area (Å²) >= 11 is 9.34. The number of halogens is 2. The Hall–Kier alpha value is -0.780. The first-order chi connectivity index (χ1) is 8.63. The number of methoxy groups -OCH3 is 1. The normalized spacial score (nSPS) is 10.2. The molecule has 0 spiro atoms. The molecule has 18 heavy (non-hydrogen) atoms. The van der Waals surface area contributed by atoms with E-state index in [0.717, 1.165) is 16.6 Å². The monoisotopic (exact) mass is 334 g/mol. The standard InChI is InChI=1S/C12H16BrClN2O2/c1-18-6-2-5-15-12(17)8-16-11-4-3-9(13)7-10(11)14/h3-4,7,16H,2,5-6,8H2,1H3,(H,15,17). The van der Waals surface area contributed by atoms with Gasteiger partial charge in [-0.05, 0) is 24.6 Å². The molecule has 0 aromatic heterocycles. The van der Waals surface area contributed by atoms with E-state index < -0.39 is 0 Å². The summed E-state index contributed by atoms with van der Waals surface area (Å²) < 4.78 is 5.80. The number of anilines is 1. The molecule has 0 heterocycles. The summed E-state index contributed by atoms with van der Waals surface area (Å²) in [6, 6.07) is 5.47. The van der Waals surface area contributed by atoms with E-state index in [1.165, 1.54) is 0 Å². The predicted molar refractivity (Wildman–Crippen MR) is 77.1 cm³/mol. The van der Waals surface area contributed by atoms with E-state index in [2.05, 4.69) is 26.6 Å². The van der Waals surface area contributed by atoms with Crippen LogP contribution in [0.4, 0.5) is 5.69 Å². The topological polar surface area (TPSA) is 50.4 Å². The van der Waals surface area contributed by atoms with Crippen molar-refractivity contribution in [3.05, 3.63) is 27.7 Å². The van der Waals surface area contributed by atoms with Crippen LogP contribution in [0.1, 0.15) is 6.42 Å². The molecular formula is C12H16BrClN2O2. The van der Waals surface area contributed by atoms with Crippen molar-refractivity contribution in [3.8, 4) is 0 Å². The highest BCUT2D eigenvalue weighted by atomic mass is 79.9. The summed E-state index contributed by atoms with van der Waals surface area (Å²) in [5, 5.41) is 6.35. The van der Waals surface area contributed by atoms with Gasteiger partial charge in [-0.15, -0.1) is 0 Å². The maximum atomic E-state index is 11.5. The lowest BCUT2D eigenvalue weighted by molar-refractivity contribution is -0.119. The zero-order valence-electron chi connectivity index (χ0n) is 10.1. The minimum atomic E-state index is -0.0647. The predicted octanol–water partition coefficient (Wildman–Crippen LogP) is 2.67. The minimum absolute atomic E-state index is 0.0647. The molecule has 0 aliphatic heterocycles. The van der Waals surface area contributed by atoms with E-state index >= 15 is 0 Å². The smallest absolute Gasteiger partial charge is 0.239 e. The van der Waals surface area contributed by atoms with Gasteiger partial charge < -0.3 is 15.4 Å². The van der Waals surface area contributed by atoms with Crippen LogP contribution in [-0.2, 0) is 9.53 Å². The van der Waals surface area contributed by atoms with Crippen LogP contribution in [-0.4, -0.2) is 32.7 Å².